The minimum atomic E-state index is -3.40. The van der Waals surface area contributed by atoms with Crippen LogP contribution < -0.4 is 5.32 Å². The third-order valence-electron chi connectivity index (χ3n) is 1.88. The van der Waals surface area contributed by atoms with E-state index in [4.69, 9.17) is 5.11 Å². The molecule has 2 N–H and O–H groups in total. The van der Waals surface area contributed by atoms with Gasteiger partial charge in [0.05, 0.1) is 11.3 Å². The normalized spacial score (nSPS) is 11.0. The molecular formula is C10H10BrNO5S. The van der Waals surface area contributed by atoms with Crippen LogP contribution >= 0.6 is 15.9 Å². The van der Waals surface area contributed by atoms with Crippen molar-refractivity contribution in [3.63, 3.8) is 0 Å². The first-order valence-corrected chi connectivity index (χ1v) is 7.55. The summed E-state index contributed by atoms with van der Waals surface area (Å²) in [5.41, 5.74) is 0.372. The maximum Gasteiger partial charge on any atom is 0.335 e. The molecule has 0 saturated heterocycles. The largest absolute Gasteiger partial charge is 0.478 e. The van der Waals surface area contributed by atoms with E-state index >= 15 is 0 Å². The lowest BCUT2D eigenvalue weighted by Crippen LogP contribution is -2.22. The highest BCUT2D eigenvalue weighted by Gasteiger charge is 2.13. The first kappa shape index (κ1) is 14.7. The number of aromatic carboxylic acids is 1. The van der Waals surface area contributed by atoms with Crippen LogP contribution in [0.25, 0.3) is 0 Å². The van der Waals surface area contributed by atoms with E-state index in [-0.39, 0.29) is 5.56 Å². The lowest BCUT2D eigenvalue weighted by Gasteiger charge is -2.07. The Morgan fingerprint density at radius 3 is 2.44 bits per heavy atom. The van der Waals surface area contributed by atoms with Crippen LogP contribution in [-0.4, -0.2) is 37.4 Å². The van der Waals surface area contributed by atoms with E-state index in [9.17, 15) is 18.0 Å². The Bertz CT molecular complexity index is 596. The molecule has 0 fully saturated rings. The molecule has 1 aromatic rings. The molecular weight excluding hydrogens is 326 g/mol. The molecule has 0 aliphatic rings. The number of carboxylic acids is 1. The predicted molar refractivity (Wildman–Crippen MR) is 69.4 cm³/mol. The van der Waals surface area contributed by atoms with Crippen LogP contribution in [0.5, 0.6) is 0 Å². The highest BCUT2D eigenvalue weighted by atomic mass is 79.9. The Balaban J connectivity index is 2.86. The van der Waals surface area contributed by atoms with Gasteiger partial charge in [-0.2, -0.15) is 0 Å². The van der Waals surface area contributed by atoms with Crippen molar-refractivity contribution in [3.05, 3.63) is 28.2 Å². The molecule has 1 aromatic carbocycles. The fraction of sp³-hybridized carbons (Fsp3) is 0.200. The summed E-state index contributed by atoms with van der Waals surface area (Å²) in [6.07, 6.45) is 0.954. The SMILES string of the molecule is CS(=O)(=O)CC(=O)Nc1ccc(C(=O)O)cc1Br. The van der Waals surface area contributed by atoms with Crippen LogP contribution in [0.4, 0.5) is 5.69 Å². The van der Waals surface area contributed by atoms with Crippen LogP contribution in [0.15, 0.2) is 22.7 Å². The summed E-state index contributed by atoms with van der Waals surface area (Å²) in [6, 6.07) is 4.01. The van der Waals surface area contributed by atoms with E-state index in [1.54, 1.807) is 0 Å². The third-order valence-corrected chi connectivity index (χ3v) is 3.33. The van der Waals surface area contributed by atoms with Gasteiger partial charge in [-0.3, -0.25) is 4.79 Å². The van der Waals surface area contributed by atoms with Crippen LogP contribution in [0.1, 0.15) is 10.4 Å². The maximum atomic E-state index is 11.4. The van der Waals surface area contributed by atoms with Crippen molar-refractivity contribution in [1.82, 2.24) is 0 Å². The molecule has 0 unspecified atom stereocenters. The second-order valence-electron chi connectivity index (χ2n) is 3.62. The summed E-state index contributed by atoms with van der Waals surface area (Å²) >= 11 is 3.10. The monoisotopic (exact) mass is 335 g/mol. The number of amides is 1. The smallest absolute Gasteiger partial charge is 0.335 e. The molecule has 0 heterocycles. The lowest BCUT2D eigenvalue weighted by molar-refractivity contribution is -0.113. The van der Waals surface area contributed by atoms with Crippen LogP contribution in [0.3, 0.4) is 0 Å². The van der Waals surface area contributed by atoms with Gasteiger partial charge in [-0.15, -0.1) is 0 Å². The highest BCUT2D eigenvalue weighted by molar-refractivity contribution is 9.10. The topological polar surface area (TPSA) is 101 Å². The van der Waals surface area contributed by atoms with Crippen molar-refractivity contribution in [2.24, 2.45) is 0 Å². The first-order valence-electron chi connectivity index (χ1n) is 4.69. The van der Waals surface area contributed by atoms with Crippen molar-refractivity contribution < 1.29 is 23.1 Å². The molecule has 8 heteroatoms. The summed E-state index contributed by atoms with van der Waals surface area (Å²) in [4.78, 5) is 22.1. The van der Waals surface area contributed by atoms with Gasteiger partial charge in [-0.1, -0.05) is 0 Å². The Morgan fingerprint density at radius 1 is 1.39 bits per heavy atom. The van der Waals surface area contributed by atoms with Crippen LogP contribution in [0, 0.1) is 0 Å². The van der Waals surface area contributed by atoms with Gasteiger partial charge in [0.15, 0.2) is 9.84 Å². The molecule has 0 saturated carbocycles. The Morgan fingerprint density at radius 2 is 2.00 bits per heavy atom. The Hall–Kier alpha value is -1.41. The molecule has 1 rings (SSSR count). The molecule has 6 nitrogen and oxygen atoms in total. The minimum absolute atomic E-state index is 0.0583. The minimum Gasteiger partial charge on any atom is -0.478 e. The number of hydrogen-bond donors (Lipinski definition) is 2. The number of benzene rings is 1. The zero-order chi connectivity index (χ0) is 13.9. The second kappa shape index (κ2) is 5.49. The molecule has 0 aliphatic heterocycles. The van der Waals surface area contributed by atoms with E-state index in [1.807, 2.05) is 0 Å². The van der Waals surface area contributed by atoms with Gasteiger partial charge in [0.1, 0.15) is 5.75 Å². The average Bonchev–Trinajstić information content (AvgIpc) is 2.17. The highest BCUT2D eigenvalue weighted by Crippen LogP contribution is 2.23. The Labute approximate surface area is 112 Å². The zero-order valence-corrected chi connectivity index (χ0v) is 11.7. The van der Waals surface area contributed by atoms with Gasteiger partial charge in [0.25, 0.3) is 0 Å². The summed E-state index contributed by atoms with van der Waals surface area (Å²) in [6.45, 7) is 0. The molecule has 0 spiro atoms. The fourth-order valence-corrected chi connectivity index (χ4v) is 2.20. The lowest BCUT2D eigenvalue weighted by atomic mass is 10.2. The average molecular weight is 336 g/mol. The fourth-order valence-electron chi connectivity index (χ4n) is 1.17. The third kappa shape index (κ3) is 4.46. The maximum absolute atomic E-state index is 11.4. The molecule has 1 amide bonds. The van der Waals surface area contributed by atoms with E-state index in [2.05, 4.69) is 21.2 Å². The van der Waals surface area contributed by atoms with Crippen LogP contribution in [-0.2, 0) is 14.6 Å². The van der Waals surface area contributed by atoms with Crippen molar-refractivity contribution in [3.8, 4) is 0 Å². The molecule has 98 valence electrons. The molecule has 18 heavy (non-hydrogen) atoms. The van der Waals surface area contributed by atoms with E-state index in [1.165, 1.54) is 18.2 Å². The van der Waals surface area contributed by atoms with Gasteiger partial charge in [0.2, 0.25) is 5.91 Å². The summed E-state index contributed by atoms with van der Waals surface area (Å²) in [5.74, 6) is -2.40. The van der Waals surface area contributed by atoms with Gasteiger partial charge in [0, 0.05) is 10.7 Å². The molecule has 0 bridgehead atoms. The van der Waals surface area contributed by atoms with Crippen LogP contribution in [0.2, 0.25) is 0 Å². The van der Waals surface area contributed by atoms with Crippen molar-refractivity contribution in [2.45, 2.75) is 0 Å². The molecule has 0 aromatic heterocycles. The standard InChI is InChI=1S/C10H10BrNO5S/c1-18(16,17)5-9(13)12-8-3-2-6(10(14)15)4-7(8)11/h2-4H,5H2,1H3,(H,12,13)(H,14,15). The van der Waals surface area contributed by atoms with Crippen molar-refractivity contribution in [2.75, 3.05) is 17.3 Å². The Kier molecular flexibility index (Phi) is 4.47. The van der Waals surface area contributed by atoms with Gasteiger partial charge in [-0.25, -0.2) is 13.2 Å². The van der Waals surface area contributed by atoms with Gasteiger partial charge >= 0.3 is 5.97 Å². The number of sulfone groups is 1. The number of hydrogen-bond acceptors (Lipinski definition) is 4. The summed E-state index contributed by atoms with van der Waals surface area (Å²) in [5, 5.41) is 11.1. The van der Waals surface area contributed by atoms with Gasteiger partial charge < -0.3 is 10.4 Å². The molecule has 0 aliphatic carbocycles. The van der Waals surface area contributed by atoms with Gasteiger partial charge in [-0.05, 0) is 34.1 Å². The van der Waals surface area contributed by atoms with E-state index in [0.29, 0.717) is 10.2 Å². The number of anilines is 1. The number of nitrogens with one attached hydrogen (secondary N) is 1. The summed E-state index contributed by atoms with van der Waals surface area (Å²) in [7, 11) is -3.40. The first-order chi connectivity index (χ1) is 8.19. The molecule has 0 radical (unpaired) electrons. The number of rotatable bonds is 4. The number of carbonyl (C=O) groups is 2. The number of carboxylic acid groups (broad SMARTS) is 1. The summed E-state index contributed by atoms with van der Waals surface area (Å²) < 4.78 is 22.2. The number of halogens is 1. The zero-order valence-electron chi connectivity index (χ0n) is 9.31. The van der Waals surface area contributed by atoms with E-state index < -0.39 is 27.5 Å². The number of carbonyl (C=O) groups excluding carboxylic acids is 1. The van der Waals surface area contributed by atoms with E-state index in [0.717, 1.165) is 6.26 Å². The molecule has 0 atom stereocenters. The van der Waals surface area contributed by atoms with Crippen molar-refractivity contribution in [1.29, 1.82) is 0 Å². The quantitative estimate of drug-likeness (QED) is 0.858. The predicted octanol–water partition coefficient (Wildman–Crippen LogP) is 1.13. The van der Waals surface area contributed by atoms with Crippen molar-refractivity contribution >= 4 is 43.3 Å². The second-order valence-corrected chi connectivity index (χ2v) is 6.61.